The van der Waals surface area contributed by atoms with Crippen LogP contribution in [0, 0.1) is 0 Å². The van der Waals surface area contributed by atoms with Crippen molar-refractivity contribution in [2.45, 2.75) is 18.0 Å². The highest BCUT2D eigenvalue weighted by Crippen LogP contribution is 2.32. The van der Waals surface area contributed by atoms with Crippen LogP contribution in [0.2, 0.25) is 0 Å². The molecule has 124 valence electrons. The molecule has 2 heterocycles. The van der Waals surface area contributed by atoms with Crippen molar-refractivity contribution in [1.82, 2.24) is 14.5 Å². The maximum Gasteiger partial charge on any atom is 0.449 e. The number of aryl methyl sites for hydroxylation is 1. The SMILES string of the molecule is CCSc1cc2c(nc1C(=O)O)nc(C(F)(F)F)n2C.O=C=O. The van der Waals surface area contributed by atoms with Crippen molar-refractivity contribution in [3.63, 3.8) is 0 Å². The maximum atomic E-state index is 12.8. The van der Waals surface area contributed by atoms with E-state index in [0.29, 0.717) is 10.6 Å². The predicted molar refractivity (Wildman–Crippen MR) is 71.9 cm³/mol. The largest absolute Gasteiger partial charge is 0.476 e. The third-order valence-corrected chi connectivity index (χ3v) is 3.51. The lowest BCUT2D eigenvalue weighted by Gasteiger charge is -2.06. The molecule has 0 radical (unpaired) electrons. The first-order chi connectivity index (χ1) is 10.7. The van der Waals surface area contributed by atoms with E-state index in [2.05, 4.69) is 9.97 Å². The Morgan fingerprint density at radius 1 is 1.39 bits per heavy atom. The van der Waals surface area contributed by atoms with Crippen LogP contribution >= 0.6 is 11.8 Å². The second kappa shape index (κ2) is 7.25. The maximum absolute atomic E-state index is 12.8. The third-order valence-electron chi connectivity index (χ3n) is 2.59. The van der Waals surface area contributed by atoms with Gasteiger partial charge >= 0.3 is 18.3 Å². The molecular weight excluding hydrogens is 339 g/mol. The third kappa shape index (κ3) is 4.08. The van der Waals surface area contributed by atoms with Gasteiger partial charge in [0.2, 0.25) is 5.82 Å². The van der Waals surface area contributed by atoms with Crippen LogP contribution < -0.4 is 0 Å². The Balaban J connectivity index is 0.000000816. The lowest BCUT2D eigenvalue weighted by molar-refractivity contribution is -0.191. The molecule has 23 heavy (non-hydrogen) atoms. The highest BCUT2D eigenvalue weighted by molar-refractivity contribution is 7.99. The summed E-state index contributed by atoms with van der Waals surface area (Å²) in [4.78, 5) is 34.8. The summed E-state index contributed by atoms with van der Waals surface area (Å²) in [5, 5.41) is 9.06. The van der Waals surface area contributed by atoms with E-state index in [4.69, 9.17) is 14.7 Å². The monoisotopic (exact) mass is 349 g/mol. The van der Waals surface area contributed by atoms with Gasteiger partial charge in [0.25, 0.3) is 0 Å². The molecule has 0 aliphatic heterocycles. The molecule has 0 unspecified atom stereocenters. The normalized spacial score (nSPS) is 10.8. The Hall–Kier alpha value is -2.39. The number of imidazole rings is 1. The number of fused-ring (bicyclic) bond motifs is 1. The Morgan fingerprint density at radius 2 is 1.96 bits per heavy atom. The van der Waals surface area contributed by atoms with Gasteiger partial charge in [-0.2, -0.15) is 22.8 Å². The first kappa shape index (κ1) is 18.7. The Labute approximate surface area is 131 Å². The van der Waals surface area contributed by atoms with E-state index < -0.39 is 18.0 Å². The predicted octanol–water partition coefficient (Wildman–Crippen LogP) is 2.21. The van der Waals surface area contributed by atoms with E-state index in [9.17, 15) is 18.0 Å². The van der Waals surface area contributed by atoms with E-state index in [-0.39, 0.29) is 23.0 Å². The fraction of sp³-hybridized carbons (Fsp3) is 0.333. The van der Waals surface area contributed by atoms with Crippen LogP contribution in [0.25, 0.3) is 11.2 Å². The standard InChI is InChI=1S/C11H10F3N3O2S.CO2/c1-3-20-6-4-5-8(15-7(6)9(18)19)16-10(17(5)2)11(12,13)14;2-1-3/h4H,3H2,1-2H3,(H,18,19);. The van der Waals surface area contributed by atoms with Crippen molar-refractivity contribution in [2.75, 3.05) is 5.75 Å². The molecule has 0 bridgehead atoms. The second-order valence-electron chi connectivity index (χ2n) is 3.99. The summed E-state index contributed by atoms with van der Waals surface area (Å²) in [6, 6.07) is 1.38. The zero-order chi connectivity index (χ0) is 17.8. The van der Waals surface area contributed by atoms with Crippen molar-refractivity contribution >= 4 is 35.0 Å². The van der Waals surface area contributed by atoms with Gasteiger partial charge in [0.05, 0.1) is 5.52 Å². The van der Waals surface area contributed by atoms with E-state index in [1.54, 1.807) is 0 Å². The van der Waals surface area contributed by atoms with E-state index in [1.165, 1.54) is 24.9 Å². The van der Waals surface area contributed by atoms with Gasteiger partial charge in [-0.1, -0.05) is 6.92 Å². The molecule has 0 aromatic carbocycles. The number of halogens is 3. The second-order valence-corrected chi connectivity index (χ2v) is 5.30. The Kier molecular flexibility index (Phi) is 5.88. The molecule has 0 spiro atoms. The number of carboxylic acids is 1. The van der Waals surface area contributed by atoms with Gasteiger partial charge in [-0.05, 0) is 11.8 Å². The van der Waals surface area contributed by atoms with Crippen molar-refractivity contribution in [1.29, 1.82) is 0 Å². The number of alkyl halides is 3. The molecule has 0 atom stereocenters. The van der Waals surface area contributed by atoms with Gasteiger partial charge in [0.15, 0.2) is 11.3 Å². The van der Waals surface area contributed by atoms with E-state index in [1.807, 2.05) is 6.92 Å². The fourth-order valence-electron chi connectivity index (χ4n) is 1.77. The quantitative estimate of drug-likeness (QED) is 0.848. The average Bonchev–Trinajstić information content (AvgIpc) is 2.76. The summed E-state index contributed by atoms with van der Waals surface area (Å²) in [6.45, 7) is 1.81. The van der Waals surface area contributed by atoms with E-state index in [0.717, 1.165) is 4.57 Å². The molecule has 0 amide bonds. The zero-order valence-electron chi connectivity index (χ0n) is 11.8. The van der Waals surface area contributed by atoms with Gasteiger partial charge in [0, 0.05) is 11.9 Å². The van der Waals surface area contributed by atoms with E-state index >= 15 is 0 Å². The summed E-state index contributed by atoms with van der Waals surface area (Å²) in [6.07, 6.45) is -4.36. The lowest BCUT2D eigenvalue weighted by atomic mass is 10.3. The number of rotatable bonds is 3. The lowest BCUT2D eigenvalue weighted by Crippen LogP contribution is -2.12. The topological polar surface area (TPSA) is 102 Å². The number of hydrogen-bond donors (Lipinski definition) is 1. The number of carbonyl (C=O) groups excluding carboxylic acids is 2. The first-order valence-electron chi connectivity index (χ1n) is 5.97. The van der Waals surface area contributed by atoms with Crippen LogP contribution in [0.15, 0.2) is 11.0 Å². The number of pyridine rings is 1. The molecule has 2 rings (SSSR count). The number of aromatic carboxylic acids is 1. The zero-order valence-corrected chi connectivity index (χ0v) is 12.7. The van der Waals surface area contributed by atoms with Crippen LogP contribution in [0.1, 0.15) is 23.2 Å². The number of aromatic nitrogens is 3. The number of carboxylic acid groups (broad SMARTS) is 1. The summed E-state index contributed by atoms with van der Waals surface area (Å²) < 4.78 is 39.2. The molecule has 1 N–H and O–H groups in total. The van der Waals surface area contributed by atoms with Crippen LogP contribution in [0.5, 0.6) is 0 Å². The highest BCUT2D eigenvalue weighted by Gasteiger charge is 2.37. The molecule has 0 saturated carbocycles. The molecule has 0 aliphatic rings. The average molecular weight is 349 g/mol. The van der Waals surface area contributed by atoms with Gasteiger partial charge in [-0.25, -0.2) is 14.8 Å². The van der Waals surface area contributed by atoms with Crippen molar-refractivity contribution < 1.29 is 32.7 Å². The first-order valence-corrected chi connectivity index (χ1v) is 6.95. The van der Waals surface area contributed by atoms with Crippen molar-refractivity contribution in [3.05, 3.63) is 17.6 Å². The summed E-state index contributed by atoms with van der Waals surface area (Å²) in [5.74, 6) is -1.81. The smallest absolute Gasteiger partial charge is 0.449 e. The minimum absolute atomic E-state index is 0.151. The number of nitrogens with zero attached hydrogens (tertiary/aromatic N) is 3. The summed E-state index contributed by atoms with van der Waals surface area (Å²) >= 11 is 1.20. The fourth-order valence-corrected chi connectivity index (χ4v) is 2.54. The van der Waals surface area contributed by atoms with Gasteiger partial charge in [0.1, 0.15) is 0 Å². The van der Waals surface area contributed by atoms with Crippen LogP contribution in [0.4, 0.5) is 13.2 Å². The van der Waals surface area contributed by atoms with Gasteiger partial charge < -0.3 is 9.67 Å². The number of hydrogen-bond acceptors (Lipinski definition) is 6. The molecule has 2 aromatic heterocycles. The van der Waals surface area contributed by atoms with Gasteiger partial charge in [-0.15, -0.1) is 11.8 Å². The molecule has 0 saturated heterocycles. The summed E-state index contributed by atoms with van der Waals surface area (Å²) in [7, 11) is 1.22. The molecule has 2 aromatic rings. The van der Waals surface area contributed by atoms with Gasteiger partial charge in [-0.3, -0.25) is 0 Å². The molecule has 0 fully saturated rings. The van der Waals surface area contributed by atoms with Crippen LogP contribution in [-0.2, 0) is 22.8 Å². The number of thioether (sulfide) groups is 1. The van der Waals surface area contributed by atoms with Crippen LogP contribution in [-0.4, -0.2) is 37.5 Å². The molecular formula is C12H10F3N3O4S. The molecule has 7 nitrogen and oxygen atoms in total. The van der Waals surface area contributed by atoms with Crippen LogP contribution in [0.3, 0.4) is 0 Å². The minimum Gasteiger partial charge on any atom is -0.476 e. The number of carbonyl (C=O) groups is 1. The molecule has 11 heteroatoms. The highest BCUT2D eigenvalue weighted by atomic mass is 32.2. The summed E-state index contributed by atoms with van der Waals surface area (Å²) in [5.41, 5.74) is -0.355. The van der Waals surface area contributed by atoms with Crippen molar-refractivity contribution in [2.24, 2.45) is 7.05 Å². The van der Waals surface area contributed by atoms with Crippen molar-refractivity contribution in [3.8, 4) is 0 Å². The Morgan fingerprint density at radius 3 is 2.39 bits per heavy atom. The molecule has 0 aliphatic carbocycles. The minimum atomic E-state index is -4.61. The Bertz CT molecular complexity index is 767.